The Morgan fingerprint density at radius 2 is 2.10 bits per heavy atom. The molecular weight excluding hydrogens is 250 g/mol. The summed E-state index contributed by atoms with van der Waals surface area (Å²) < 4.78 is 7.62. The number of anilines is 1. The van der Waals surface area contributed by atoms with Crippen molar-refractivity contribution in [1.29, 1.82) is 0 Å². The smallest absolute Gasteiger partial charge is 0.131 e. The van der Waals surface area contributed by atoms with Gasteiger partial charge >= 0.3 is 0 Å². The molecule has 1 atom stereocenters. The molecule has 0 fully saturated rings. The van der Waals surface area contributed by atoms with Crippen molar-refractivity contribution >= 4 is 5.82 Å². The average molecular weight is 271 g/mol. The largest absolute Gasteiger partial charge is 0.494 e. The highest BCUT2D eigenvalue weighted by molar-refractivity contribution is 5.71. The van der Waals surface area contributed by atoms with Crippen LogP contribution in [0.1, 0.15) is 26.1 Å². The first-order valence-electron chi connectivity index (χ1n) is 7.27. The molecule has 1 aliphatic heterocycles. The van der Waals surface area contributed by atoms with Crippen molar-refractivity contribution in [2.45, 2.75) is 33.2 Å². The third-order valence-electron chi connectivity index (χ3n) is 3.90. The first-order valence-corrected chi connectivity index (χ1v) is 7.27. The second-order valence-corrected chi connectivity index (χ2v) is 5.47. The monoisotopic (exact) mass is 271 g/mol. The molecule has 4 heteroatoms. The van der Waals surface area contributed by atoms with Crippen LogP contribution in [0.15, 0.2) is 24.3 Å². The molecule has 2 aromatic rings. The van der Waals surface area contributed by atoms with Gasteiger partial charge in [-0.15, -0.1) is 0 Å². The quantitative estimate of drug-likeness (QED) is 0.933. The van der Waals surface area contributed by atoms with Gasteiger partial charge in [0.2, 0.25) is 0 Å². The predicted octanol–water partition coefficient (Wildman–Crippen LogP) is 3.11. The molecule has 0 saturated heterocycles. The average Bonchev–Trinajstić information content (AvgIpc) is 2.77. The summed E-state index contributed by atoms with van der Waals surface area (Å²) in [5.74, 6) is 3.48. The van der Waals surface area contributed by atoms with E-state index in [9.17, 15) is 0 Å². The first-order chi connectivity index (χ1) is 9.69. The van der Waals surface area contributed by atoms with Gasteiger partial charge in [0, 0.05) is 18.5 Å². The maximum Gasteiger partial charge on any atom is 0.131 e. The Labute approximate surface area is 119 Å². The van der Waals surface area contributed by atoms with Gasteiger partial charge in [-0.1, -0.05) is 6.92 Å². The standard InChI is InChI=1S/C16H21N3O/c1-3-20-13-6-4-12(5-7-13)15-16(17)19-9-8-11(2)10-14(19)18-15/h4-7,11H,3,8-10,17H2,1-2H3. The summed E-state index contributed by atoms with van der Waals surface area (Å²) in [6, 6.07) is 8.00. The minimum atomic E-state index is 0.679. The van der Waals surface area contributed by atoms with Crippen LogP contribution in [0.5, 0.6) is 5.75 Å². The number of benzene rings is 1. The third kappa shape index (κ3) is 2.26. The van der Waals surface area contributed by atoms with Gasteiger partial charge in [0.05, 0.1) is 6.61 Å². The molecule has 2 N–H and O–H groups in total. The second kappa shape index (κ2) is 5.19. The molecular formula is C16H21N3O. The van der Waals surface area contributed by atoms with Crippen LogP contribution in [0, 0.1) is 5.92 Å². The number of fused-ring (bicyclic) bond motifs is 1. The van der Waals surface area contributed by atoms with E-state index in [1.807, 2.05) is 31.2 Å². The Morgan fingerprint density at radius 3 is 2.80 bits per heavy atom. The Balaban J connectivity index is 1.94. The van der Waals surface area contributed by atoms with Gasteiger partial charge in [-0.2, -0.15) is 0 Å². The fourth-order valence-corrected chi connectivity index (χ4v) is 2.77. The summed E-state index contributed by atoms with van der Waals surface area (Å²) >= 11 is 0. The van der Waals surface area contributed by atoms with Crippen LogP contribution >= 0.6 is 0 Å². The lowest BCUT2D eigenvalue weighted by atomic mass is 10.0. The molecule has 0 radical (unpaired) electrons. The number of nitrogens with zero attached hydrogens (tertiary/aromatic N) is 2. The summed E-state index contributed by atoms with van der Waals surface area (Å²) in [5, 5.41) is 0. The second-order valence-electron chi connectivity index (χ2n) is 5.47. The van der Waals surface area contributed by atoms with Gasteiger partial charge in [0.25, 0.3) is 0 Å². The molecule has 0 amide bonds. The van der Waals surface area contributed by atoms with E-state index in [4.69, 9.17) is 15.5 Å². The fraction of sp³-hybridized carbons (Fsp3) is 0.438. The van der Waals surface area contributed by atoms with Gasteiger partial charge < -0.3 is 15.0 Å². The maximum atomic E-state index is 6.27. The number of hydrogen-bond donors (Lipinski definition) is 1. The number of rotatable bonds is 3. The van der Waals surface area contributed by atoms with E-state index in [1.165, 1.54) is 6.42 Å². The lowest BCUT2D eigenvalue weighted by Gasteiger charge is -2.20. The van der Waals surface area contributed by atoms with Crippen LogP contribution in [-0.4, -0.2) is 16.2 Å². The highest BCUT2D eigenvalue weighted by Crippen LogP contribution is 2.31. The van der Waals surface area contributed by atoms with Crippen LogP contribution in [-0.2, 0) is 13.0 Å². The molecule has 4 nitrogen and oxygen atoms in total. The van der Waals surface area contributed by atoms with Gasteiger partial charge in [-0.25, -0.2) is 4.98 Å². The number of hydrogen-bond acceptors (Lipinski definition) is 3. The summed E-state index contributed by atoms with van der Waals surface area (Å²) in [6.45, 7) is 5.91. The van der Waals surface area contributed by atoms with Crippen molar-refractivity contribution in [3.05, 3.63) is 30.1 Å². The highest BCUT2D eigenvalue weighted by Gasteiger charge is 2.21. The van der Waals surface area contributed by atoms with Crippen LogP contribution < -0.4 is 10.5 Å². The lowest BCUT2D eigenvalue weighted by Crippen LogP contribution is -2.18. The topological polar surface area (TPSA) is 53.1 Å². The zero-order valence-corrected chi connectivity index (χ0v) is 12.1. The Hall–Kier alpha value is -1.97. The number of nitrogen functional groups attached to an aromatic ring is 1. The minimum absolute atomic E-state index is 0.679. The van der Waals surface area contributed by atoms with Crippen molar-refractivity contribution in [3.8, 4) is 17.0 Å². The molecule has 3 rings (SSSR count). The minimum Gasteiger partial charge on any atom is -0.494 e. The molecule has 1 aromatic carbocycles. The molecule has 0 saturated carbocycles. The zero-order valence-electron chi connectivity index (χ0n) is 12.1. The van der Waals surface area contributed by atoms with Gasteiger partial charge in [-0.3, -0.25) is 0 Å². The molecule has 1 unspecified atom stereocenters. The molecule has 0 spiro atoms. The highest BCUT2D eigenvalue weighted by atomic mass is 16.5. The maximum absolute atomic E-state index is 6.27. The normalized spacial score (nSPS) is 17.8. The van der Waals surface area contributed by atoms with Gasteiger partial charge in [-0.05, 0) is 43.5 Å². The summed E-state index contributed by atoms with van der Waals surface area (Å²) in [7, 11) is 0. The van der Waals surface area contributed by atoms with E-state index in [2.05, 4.69) is 11.5 Å². The lowest BCUT2D eigenvalue weighted by molar-refractivity contribution is 0.340. The van der Waals surface area contributed by atoms with E-state index in [0.717, 1.165) is 41.6 Å². The van der Waals surface area contributed by atoms with Crippen LogP contribution in [0.3, 0.4) is 0 Å². The van der Waals surface area contributed by atoms with E-state index >= 15 is 0 Å². The molecule has 1 aliphatic rings. The molecule has 106 valence electrons. The summed E-state index contributed by atoms with van der Waals surface area (Å²) in [6.07, 6.45) is 2.19. The van der Waals surface area contributed by atoms with E-state index in [-0.39, 0.29) is 0 Å². The molecule has 2 heterocycles. The molecule has 20 heavy (non-hydrogen) atoms. The number of aromatic nitrogens is 2. The van der Waals surface area contributed by atoms with Crippen molar-refractivity contribution in [3.63, 3.8) is 0 Å². The zero-order chi connectivity index (χ0) is 14.1. The van der Waals surface area contributed by atoms with Gasteiger partial charge in [0.1, 0.15) is 23.1 Å². The van der Waals surface area contributed by atoms with Crippen LogP contribution in [0.2, 0.25) is 0 Å². The van der Waals surface area contributed by atoms with E-state index in [0.29, 0.717) is 12.5 Å². The first kappa shape index (κ1) is 13.0. The molecule has 0 bridgehead atoms. The third-order valence-corrected chi connectivity index (χ3v) is 3.90. The summed E-state index contributed by atoms with van der Waals surface area (Å²) in [4.78, 5) is 4.74. The van der Waals surface area contributed by atoms with Crippen molar-refractivity contribution in [1.82, 2.24) is 9.55 Å². The van der Waals surface area contributed by atoms with E-state index in [1.54, 1.807) is 0 Å². The predicted molar refractivity (Wildman–Crippen MR) is 80.7 cm³/mol. The number of imidazole rings is 1. The summed E-state index contributed by atoms with van der Waals surface area (Å²) in [5.41, 5.74) is 8.22. The van der Waals surface area contributed by atoms with E-state index < -0.39 is 0 Å². The Kier molecular flexibility index (Phi) is 3.38. The Morgan fingerprint density at radius 1 is 1.35 bits per heavy atom. The SMILES string of the molecule is CCOc1ccc(-c2nc3n(c2N)CCC(C)C3)cc1. The van der Waals surface area contributed by atoms with Crippen LogP contribution in [0.25, 0.3) is 11.3 Å². The van der Waals surface area contributed by atoms with Crippen molar-refractivity contribution < 1.29 is 4.74 Å². The number of nitrogens with two attached hydrogens (primary N) is 1. The van der Waals surface area contributed by atoms with Gasteiger partial charge in [0.15, 0.2) is 0 Å². The molecule has 0 aliphatic carbocycles. The van der Waals surface area contributed by atoms with Crippen LogP contribution in [0.4, 0.5) is 5.82 Å². The molecule has 1 aromatic heterocycles. The fourth-order valence-electron chi connectivity index (χ4n) is 2.77. The number of ether oxygens (including phenoxy) is 1. The Bertz CT molecular complexity index is 601. The van der Waals surface area contributed by atoms with Crippen molar-refractivity contribution in [2.24, 2.45) is 5.92 Å². The van der Waals surface area contributed by atoms with Crippen molar-refractivity contribution in [2.75, 3.05) is 12.3 Å².